The summed E-state index contributed by atoms with van der Waals surface area (Å²) in [4.78, 5) is 24.5. The number of hydroxylamine groups is 1. The van der Waals surface area contributed by atoms with Gasteiger partial charge in [-0.3, -0.25) is 15.3 Å². The number of nitrogens with one attached hydrogen (secondary N) is 2. The molecule has 7 nitrogen and oxygen atoms in total. The van der Waals surface area contributed by atoms with Crippen LogP contribution in [-0.2, 0) is 9.53 Å². The number of carbonyl (C=O) groups is 2. The van der Waals surface area contributed by atoms with Crippen LogP contribution in [0.4, 0.5) is 10.5 Å². The first-order chi connectivity index (χ1) is 16.5. The normalized spacial score (nSPS) is 13.0. The number of hydrogen-bond donors (Lipinski definition) is 4. The molecule has 0 heterocycles. The van der Waals surface area contributed by atoms with Crippen molar-refractivity contribution in [2.24, 2.45) is 5.92 Å². The van der Waals surface area contributed by atoms with Crippen LogP contribution in [0.2, 0.25) is 0 Å². The number of anilines is 1. The minimum atomic E-state index is -0.789. The van der Waals surface area contributed by atoms with E-state index >= 15 is 0 Å². The van der Waals surface area contributed by atoms with Gasteiger partial charge in [0.25, 0.3) is 5.91 Å². The Morgan fingerprint density at radius 2 is 1.56 bits per heavy atom. The number of phenolic OH excluding ortho intramolecular Hbond substituents is 1. The number of fused-ring (bicyclic) bond motifs is 2. The van der Waals surface area contributed by atoms with Crippen LogP contribution in [-0.4, -0.2) is 22.3 Å². The number of benzene rings is 4. The van der Waals surface area contributed by atoms with Gasteiger partial charge in [-0.25, -0.2) is 10.3 Å². The smallest absolute Gasteiger partial charge is 0.412 e. The van der Waals surface area contributed by atoms with Gasteiger partial charge in [-0.05, 0) is 22.9 Å². The van der Waals surface area contributed by atoms with E-state index in [0.29, 0.717) is 16.6 Å². The second-order valence-corrected chi connectivity index (χ2v) is 7.89. The van der Waals surface area contributed by atoms with Crippen LogP contribution >= 0.6 is 0 Å². The molecule has 4 rings (SSSR count). The molecule has 0 spiro atoms. The van der Waals surface area contributed by atoms with Gasteiger partial charge in [0.05, 0.1) is 5.69 Å². The molecule has 0 fully saturated rings. The summed E-state index contributed by atoms with van der Waals surface area (Å²) in [6.45, 7) is 1.79. The van der Waals surface area contributed by atoms with Gasteiger partial charge in [-0.1, -0.05) is 79.7 Å². The molecule has 0 saturated carbocycles. The van der Waals surface area contributed by atoms with Crippen molar-refractivity contribution in [3.05, 3.63) is 96.6 Å². The Balaban J connectivity index is 1.69. The van der Waals surface area contributed by atoms with Crippen molar-refractivity contribution in [3.8, 4) is 5.75 Å². The van der Waals surface area contributed by atoms with Crippen LogP contribution < -0.4 is 10.8 Å². The van der Waals surface area contributed by atoms with Crippen LogP contribution in [0.3, 0.4) is 0 Å². The first-order valence-corrected chi connectivity index (χ1v) is 10.8. The van der Waals surface area contributed by atoms with E-state index in [1.165, 1.54) is 6.08 Å². The van der Waals surface area contributed by atoms with Crippen molar-refractivity contribution < 1.29 is 24.6 Å². The molecule has 0 bridgehead atoms. The predicted molar refractivity (Wildman–Crippen MR) is 131 cm³/mol. The summed E-state index contributed by atoms with van der Waals surface area (Å²) in [5, 5.41) is 25.1. The van der Waals surface area contributed by atoms with Gasteiger partial charge < -0.3 is 9.84 Å². The summed E-state index contributed by atoms with van der Waals surface area (Å²) in [6, 6.07) is 23.8. The Morgan fingerprint density at radius 3 is 2.32 bits per heavy atom. The highest BCUT2D eigenvalue weighted by Crippen LogP contribution is 2.36. The third kappa shape index (κ3) is 4.84. The van der Waals surface area contributed by atoms with Crippen molar-refractivity contribution in [2.75, 3.05) is 5.32 Å². The fraction of sp³-hybridized carbons (Fsp3) is 0.111. The third-order valence-corrected chi connectivity index (χ3v) is 5.64. The van der Waals surface area contributed by atoms with Crippen LogP contribution in [0.5, 0.6) is 5.75 Å². The lowest BCUT2D eigenvalue weighted by atomic mass is 9.92. The largest absolute Gasteiger partial charge is 0.507 e. The first-order valence-electron chi connectivity index (χ1n) is 10.8. The molecule has 2 amide bonds. The van der Waals surface area contributed by atoms with Crippen molar-refractivity contribution >= 4 is 39.2 Å². The minimum Gasteiger partial charge on any atom is -0.507 e. The summed E-state index contributed by atoms with van der Waals surface area (Å²) >= 11 is 0. The average molecular weight is 456 g/mol. The zero-order valence-electron chi connectivity index (χ0n) is 18.4. The van der Waals surface area contributed by atoms with Gasteiger partial charge in [0.2, 0.25) is 0 Å². The van der Waals surface area contributed by atoms with Crippen molar-refractivity contribution in [2.45, 2.75) is 13.0 Å². The fourth-order valence-electron chi connectivity index (χ4n) is 3.98. The summed E-state index contributed by atoms with van der Waals surface area (Å²) in [6.07, 6.45) is 1.27. The quantitative estimate of drug-likeness (QED) is 0.169. The molecule has 0 aliphatic rings. The third-order valence-electron chi connectivity index (χ3n) is 5.64. The second-order valence-electron chi connectivity index (χ2n) is 7.89. The molecule has 7 heteroatoms. The maximum absolute atomic E-state index is 13.0. The highest BCUT2D eigenvalue weighted by molar-refractivity contribution is 6.00. The van der Waals surface area contributed by atoms with E-state index < -0.39 is 24.0 Å². The van der Waals surface area contributed by atoms with Gasteiger partial charge in [-0.2, -0.15) is 0 Å². The molecular weight excluding hydrogens is 432 g/mol. The lowest BCUT2D eigenvalue weighted by Gasteiger charge is -2.24. The molecular formula is C27H24N2O5. The SMILES string of the molecule is C[C@@H](/C=C/C(=O)NO)[C@@H](OC(=O)Nc1cccc2ccccc12)c1ccc(O)c2ccccc12. The molecule has 4 N–H and O–H groups in total. The van der Waals surface area contributed by atoms with Crippen LogP contribution in [0, 0.1) is 5.92 Å². The number of amides is 2. The standard InChI is InChI=1S/C27H24N2O5/c1-17(13-16-25(31)29-33)26(22-14-15-24(30)21-11-5-4-10-20(21)22)34-27(32)28-23-12-6-8-18-7-2-3-9-19(18)23/h2-17,26,30,33H,1H3,(H,28,32)(H,29,31)/b16-13+/t17-,26+/m0/s1. The molecule has 0 unspecified atom stereocenters. The van der Waals surface area contributed by atoms with E-state index in [1.54, 1.807) is 42.7 Å². The van der Waals surface area contributed by atoms with Crippen molar-refractivity contribution in [1.82, 2.24) is 5.48 Å². The predicted octanol–water partition coefficient (Wildman–Crippen LogP) is 5.69. The average Bonchev–Trinajstić information content (AvgIpc) is 2.86. The van der Waals surface area contributed by atoms with Crippen LogP contribution in [0.25, 0.3) is 21.5 Å². The van der Waals surface area contributed by atoms with Gasteiger partial charge in [0.15, 0.2) is 0 Å². The lowest BCUT2D eigenvalue weighted by Crippen LogP contribution is -2.22. The zero-order chi connectivity index (χ0) is 24.1. The molecule has 0 radical (unpaired) electrons. The van der Waals surface area contributed by atoms with Gasteiger partial charge in [0.1, 0.15) is 11.9 Å². The van der Waals surface area contributed by atoms with E-state index in [4.69, 9.17) is 9.94 Å². The first kappa shape index (κ1) is 22.8. The molecule has 0 aromatic heterocycles. The molecule has 0 aliphatic carbocycles. The molecule has 34 heavy (non-hydrogen) atoms. The van der Waals surface area contributed by atoms with Crippen molar-refractivity contribution in [3.63, 3.8) is 0 Å². The highest BCUT2D eigenvalue weighted by Gasteiger charge is 2.25. The topological polar surface area (TPSA) is 108 Å². The maximum Gasteiger partial charge on any atom is 0.412 e. The van der Waals surface area contributed by atoms with E-state index in [-0.39, 0.29) is 5.75 Å². The number of hydrogen-bond acceptors (Lipinski definition) is 5. The molecule has 172 valence electrons. The molecule has 0 aliphatic heterocycles. The maximum atomic E-state index is 13.0. The van der Waals surface area contributed by atoms with Crippen molar-refractivity contribution in [1.29, 1.82) is 0 Å². The lowest BCUT2D eigenvalue weighted by molar-refractivity contribution is -0.124. The number of ether oxygens (including phenoxy) is 1. The van der Waals surface area contributed by atoms with E-state index in [0.717, 1.165) is 16.2 Å². The van der Waals surface area contributed by atoms with Gasteiger partial charge in [0, 0.05) is 28.3 Å². The van der Waals surface area contributed by atoms with E-state index in [2.05, 4.69) is 5.32 Å². The Labute approximate surface area is 196 Å². The Kier molecular flexibility index (Phi) is 6.75. The second kappa shape index (κ2) is 10.1. The van der Waals surface area contributed by atoms with Gasteiger partial charge in [-0.15, -0.1) is 0 Å². The summed E-state index contributed by atoms with van der Waals surface area (Å²) < 4.78 is 5.89. The number of phenols is 1. The number of carbonyl (C=O) groups excluding carboxylic acids is 2. The monoisotopic (exact) mass is 456 g/mol. The Bertz CT molecular complexity index is 1380. The minimum absolute atomic E-state index is 0.112. The molecule has 4 aromatic rings. The van der Waals surface area contributed by atoms with E-state index in [1.807, 2.05) is 54.6 Å². The Hall–Kier alpha value is -4.36. The zero-order valence-corrected chi connectivity index (χ0v) is 18.4. The Morgan fingerprint density at radius 1 is 0.882 bits per heavy atom. The fourth-order valence-corrected chi connectivity index (χ4v) is 3.98. The van der Waals surface area contributed by atoms with E-state index in [9.17, 15) is 14.7 Å². The van der Waals surface area contributed by atoms with Crippen LogP contribution in [0.15, 0.2) is 91.0 Å². The summed E-state index contributed by atoms with van der Waals surface area (Å²) in [7, 11) is 0. The number of aromatic hydroxyl groups is 1. The molecule has 2 atom stereocenters. The summed E-state index contributed by atoms with van der Waals surface area (Å²) in [5.74, 6) is -1.02. The molecule has 0 saturated heterocycles. The molecule has 4 aromatic carbocycles. The summed E-state index contributed by atoms with van der Waals surface area (Å²) in [5.41, 5.74) is 2.83. The number of rotatable bonds is 6. The van der Waals surface area contributed by atoms with Crippen LogP contribution in [0.1, 0.15) is 18.6 Å². The van der Waals surface area contributed by atoms with Gasteiger partial charge >= 0.3 is 6.09 Å². The highest BCUT2D eigenvalue weighted by atomic mass is 16.6.